The number of benzene rings is 1. The van der Waals surface area contributed by atoms with E-state index in [-0.39, 0.29) is 0 Å². The zero-order chi connectivity index (χ0) is 15.6. The zero-order valence-corrected chi connectivity index (χ0v) is 14.0. The number of ether oxygens (including phenoxy) is 1. The fourth-order valence-corrected chi connectivity index (χ4v) is 3.13. The number of aliphatic hydroxyl groups is 1. The molecule has 0 saturated heterocycles. The maximum atomic E-state index is 10.0. The summed E-state index contributed by atoms with van der Waals surface area (Å²) < 4.78 is 5.57. The van der Waals surface area contributed by atoms with Crippen LogP contribution in [-0.4, -0.2) is 30.4 Å². The van der Waals surface area contributed by atoms with E-state index < -0.39 is 6.10 Å². The molecule has 0 spiro atoms. The summed E-state index contributed by atoms with van der Waals surface area (Å²) >= 11 is 6.08. The predicted octanol–water partition coefficient (Wildman–Crippen LogP) is 3.92. The first-order valence-corrected chi connectivity index (χ1v) is 8.86. The van der Waals surface area contributed by atoms with E-state index in [1.807, 2.05) is 24.3 Å². The van der Waals surface area contributed by atoms with Crippen LogP contribution in [0.1, 0.15) is 50.5 Å². The highest BCUT2D eigenvalue weighted by atomic mass is 35.5. The number of hydrogen-bond acceptors (Lipinski definition) is 3. The Morgan fingerprint density at radius 3 is 2.55 bits per heavy atom. The summed E-state index contributed by atoms with van der Waals surface area (Å²) in [6, 6.07) is 8.20. The molecule has 1 aliphatic carbocycles. The minimum atomic E-state index is -0.465. The molecule has 22 heavy (non-hydrogen) atoms. The van der Waals surface area contributed by atoms with Gasteiger partial charge in [-0.25, -0.2) is 0 Å². The van der Waals surface area contributed by atoms with Crippen molar-refractivity contribution in [1.29, 1.82) is 0 Å². The minimum Gasteiger partial charge on any atom is -0.389 e. The quantitative estimate of drug-likeness (QED) is 0.798. The molecule has 0 aliphatic heterocycles. The van der Waals surface area contributed by atoms with E-state index in [1.54, 1.807) is 0 Å². The Kier molecular flexibility index (Phi) is 8.24. The maximum Gasteiger partial charge on any atom is 0.0897 e. The molecule has 0 amide bonds. The molecule has 1 aliphatic rings. The van der Waals surface area contributed by atoms with Gasteiger partial charge in [0.1, 0.15) is 0 Å². The van der Waals surface area contributed by atoms with Gasteiger partial charge >= 0.3 is 0 Å². The van der Waals surface area contributed by atoms with Crippen LogP contribution in [0, 0.1) is 0 Å². The average molecular weight is 326 g/mol. The molecule has 3 nitrogen and oxygen atoms in total. The first-order chi connectivity index (χ1) is 10.8. The molecule has 0 unspecified atom stereocenters. The lowest BCUT2D eigenvalue weighted by molar-refractivity contribution is 0.0272. The molecule has 124 valence electrons. The third kappa shape index (κ3) is 6.66. The van der Waals surface area contributed by atoms with Crippen LogP contribution in [0.15, 0.2) is 24.3 Å². The normalized spacial score (nSPS) is 18.6. The van der Waals surface area contributed by atoms with Crippen LogP contribution in [0.25, 0.3) is 0 Å². The van der Waals surface area contributed by atoms with Crippen LogP contribution in [0.4, 0.5) is 0 Å². The number of hydrogen-bond donors (Lipinski definition) is 2. The molecule has 2 N–H and O–H groups in total. The third-order valence-electron chi connectivity index (χ3n) is 4.27. The highest BCUT2D eigenvalue weighted by Crippen LogP contribution is 2.17. The summed E-state index contributed by atoms with van der Waals surface area (Å²) in [6.07, 6.45) is 8.68. The number of rotatable bonds is 7. The summed E-state index contributed by atoms with van der Waals surface area (Å²) in [5, 5.41) is 14.2. The summed E-state index contributed by atoms with van der Waals surface area (Å²) in [4.78, 5) is 0. The largest absolute Gasteiger partial charge is 0.389 e. The molecular formula is C18H28ClNO2. The van der Waals surface area contributed by atoms with Crippen molar-refractivity contribution in [2.75, 3.05) is 13.2 Å². The second-order valence-electron chi connectivity index (χ2n) is 6.21. The Bertz CT molecular complexity index is 419. The smallest absolute Gasteiger partial charge is 0.0897 e. The Morgan fingerprint density at radius 1 is 1.14 bits per heavy atom. The van der Waals surface area contributed by atoms with Gasteiger partial charge in [0.25, 0.3) is 0 Å². The van der Waals surface area contributed by atoms with Crippen molar-refractivity contribution < 1.29 is 9.84 Å². The van der Waals surface area contributed by atoms with Gasteiger partial charge in [-0.1, -0.05) is 61.9 Å². The van der Waals surface area contributed by atoms with E-state index >= 15 is 0 Å². The van der Waals surface area contributed by atoms with Crippen LogP contribution >= 0.6 is 11.6 Å². The van der Waals surface area contributed by atoms with Gasteiger partial charge in [0, 0.05) is 17.6 Å². The molecule has 1 atom stereocenters. The molecule has 2 rings (SSSR count). The zero-order valence-electron chi connectivity index (χ0n) is 13.3. The molecule has 0 bridgehead atoms. The molecule has 1 aromatic rings. The van der Waals surface area contributed by atoms with Crippen molar-refractivity contribution >= 4 is 11.6 Å². The first kappa shape index (κ1) is 17.7. The minimum absolute atomic E-state index is 0.338. The molecule has 1 fully saturated rings. The molecule has 0 heterocycles. The van der Waals surface area contributed by atoms with Crippen molar-refractivity contribution in [2.24, 2.45) is 0 Å². The Balaban J connectivity index is 1.61. The van der Waals surface area contributed by atoms with Crippen molar-refractivity contribution in [3.63, 3.8) is 0 Å². The molecule has 1 aromatic carbocycles. The van der Waals surface area contributed by atoms with Crippen LogP contribution < -0.4 is 5.32 Å². The average Bonchev–Trinajstić information content (AvgIpc) is 2.48. The SMILES string of the molecule is O[C@@H](CNC1CCCCCCC1)COCc1ccccc1Cl. The van der Waals surface area contributed by atoms with Gasteiger partial charge in [0.15, 0.2) is 0 Å². The molecule has 4 heteroatoms. The van der Waals surface area contributed by atoms with E-state index in [1.165, 1.54) is 44.9 Å². The van der Waals surface area contributed by atoms with Crippen molar-refractivity contribution in [3.05, 3.63) is 34.9 Å². The van der Waals surface area contributed by atoms with E-state index in [4.69, 9.17) is 16.3 Å². The van der Waals surface area contributed by atoms with Crippen molar-refractivity contribution in [1.82, 2.24) is 5.32 Å². The number of aliphatic hydroxyl groups excluding tert-OH is 1. The highest BCUT2D eigenvalue weighted by Gasteiger charge is 2.13. The fourth-order valence-electron chi connectivity index (χ4n) is 2.94. The fraction of sp³-hybridized carbons (Fsp3) is 0.667. The first-order valence-electron chi connectivity index (χ1n) is 8.48. The van der Waals surface area contributed by atoms with Crippen molar-refractivity contribution in [2.45, 2.75) is 63.7 Å². The van der Waals surface area contributed by atoms with Crippen LogP contribution in [0.2, 0.25) is 5.02 Å². The molecule has 1 saturated carbocycles. The standard InChI is InChI=1S/C18H28ClNO2/c19-18-11-7-6-8-15(18)13-22-14-17(21)12-20-16-9-4-2-1-3-5-10-16/h6-8,11,16-17,20-21H,1-5,9-10,12-14H2/t17-/m0/s1. The van der Waals surface area contributed by atoms with E-state index in [0.717, 1.165) is 5.56 Å². The van der Waals surface area contributed by atoms with Gasteiger partial charge < -0.3 is 15.2 Å². The second kappa shape index (κ2) is 10.2. The van der Waals surface area contributed by atoms with Gasteiger partial charge in [-0.2, -0.15) is 0 Å². The predicted molar refractivity (Wildman–Crippen MR) is 91.2 cm³/mol. The van der Waals surface area contributed by atoms with Gasteiger partial charge in [0.05, 0.1) is 19.3 Å². The van der Waals surface area contributed by atoms with E-state index in [2.05, 4.69) is 5.32 Å². The monoisotopic (exact) mass is 325 g/mol. The summed E-state index contributed by atoms with van der Waals surface area (Å²) in [7, 11) is 0. The molecular weight excluding hydrogens is 298 g/mol. The molecule has 0 radical (unpaired) electrons. The lowest BCUT2D eigenvalue weighted by atomic mass is 9.96. The van der Waals surface area contributed by atoms with Crippen LogP contribution in [0.3, 0.4) is 0 Å². The van der Waals surface area contributed by atoms with Crippen LogP contribution in [0.5, 0.6) is 0 Å². The lowest BCUT2D eigenvalue weighted by Crippen LogP contribution is -2.37. The van der Waals surface area contributed by atoms with Gasteiger partial charge in [-0.15, -0.1) is 0 Å². The second-order valence-corrected chi connectivity index (χ2v) is 6.62. The topological polar surface area (TPSA) is 41.5 Å². The third-order valence-corrected chi connectivity index (χ3v) is 4.64. The van der Waals surface area contributed by atoms with Crippen molar-refractivity contribution in [3.8, 4) is 0 Å². The molecule has 0 aromatic heterocycles. The van der Waals surface area contributed by atoms with E-state index in [0.29, 0.717) is 30.8 Å². The number of nitrogens with one attached hydrogen (secondary N) is 1. The highest BCUT2D eigenvalue weighted by molar-refractivity contribution is 6.31. The Hall–Kier alpha value is -0.610. The van der Waals surface area contributed by atoms with Gasteiger partial charge in [0.2, 0.25) is 0 Å². The van der Waals surface area contributed by atoms with Gasteiger partial charge in [-0.05, 0) is 24.5 Å². The summed E-state index contributed by atoms with van der Waals surface area (Å²) in [5.41, 5.74) is 0.962. The van der Waals surface area contributed by atoms with Crippen LogP contribution in [-0.2, 0) is 11.3 Å². The van der Waals surface area contributed by atoms with E-state index in [9.17, 15) is 5.11 Å². The van der Waals surface area contributed by atoms with Gasteiger partial charge in [-0.3, -0.25) is 0 Å². The Labute approximate surface area is 139 Å². The number of halogens is 1. The maximum absolute atomic E-state index is 10.0. The summed E-state index contributed by atoms with van der Waals surface area (Å²) in [5.74, 6) is 0. The summed E-state index contributed by atoms with van der Waals surface area (Å²) in [6.45, 7) is 1.39. The lowest BCUT2D eigenvalue weighted by Gasteiger charge is -2.22. The Morgan fingerprint density at radius 2 is 1.82 bits per heavy atom.